The first-order chi connectivity index (χ1) is 15.7. The Balaban J connectivity index is 1.28. The number of fused-ring (bicyclic) bond motifs is 5. The molecule has 1 aromatic carbocycles. The van der Waals surface area contributed by atoms with Crippen LogP contribution in [0.4, 0.5) is 0 Å². The molecule has 6 rings (SSSR count). The zero-order valence-electron chi connectivity index (χ0n) is 20.1. The zero-order chi connectivity index (χ0) is 23.1. The highest BCUT2D eigenvalue weighted by molar-refractivity contribution is 5.85. The van der Waals surface area contributed by atoms with Crippen LogP contribution in [0.1, 0.15) is 77.2 Å². The van der Waals surface area contributed by atoms with Gasteiger partial charge in [-0.15, -0.1) is 0 Å². The lowest BCUT2D eigenvalue weighted by atomic mass is 9.42. The molecular weight excluding hydrogens is 412 g/mol. The lowest BCUT2D eigenvalue weighted by Crippen LogP contribution is -2.62. The van der Waals surface area contributed by atoms with Gasteiger partial charge >= 0.3 is 5.97 Å². The number of ether oxygens (including phenoxy) is 1. The average molecular weight is 451 g/mol. The molecule has 2 N–H and O–H groups in total. The minimum absolute atomic E-state index is 0.171. The van der Waals surface area contributed by atoms with Crippen LogP contribution in [-0.2, 0) is 15.1 Å². The predicted octanol–water partition coefficient (Wildman–Crippen LogP) is 5.13. The van der Waals surface area contributed by atoms with Crippen LogP contribution in [0.3, 0.4) is 0 Å². The molecule has 8 atom stereocenters. The molecule has 4 saturated carbocycles. The van der Waals surface area contributed by atoms with E-state index in [0.717, 1.165) is 68.9 Å². The van der Waals surface area contributed by atoms with Crippen molar-refractivity contribution >= 4 is 5.97 Å². The highest BCUT2D eigenvalue weighted by Gasteiger charge is 2.68. The standard InChI is InChI=1S/C29H38O4/c1-26-14-15-28(31,20-6-4-3-5-7-20)17-21(26)8-9-24-23(26)10-12-27(2)22(11-13-29(24,27)32)19-16-25(30)33-18-19/h3-7,16,21-24,31-32H,8-15,17-18H2,1-2H3/t21-,22-,23+,24-,26+,27-,28-,29+/m1/s1. The molecule has 1 aromatic rings. The Kier molecular flexibility index (Phi) is 4.75. The lowest BCUT2D eigenvalue weighted by Gasteiger charge is -2.64. The van der Waals surface area contributed by atoms with Crippen molar-refractivity contribution in [2.24, 2.45) is 34.5 Å². The second kappa shape index (κ2) is 7.18. The highest BCUT2D eigenvalue weighted by atomic mass is 16.5. The summed E-state index contributed by atoms with van der Waals surface area (Å²) >= 11 is 0. The van der Waals surface area contributed by atoms with Crippen molar-refractivity contribution < 1.29 is 19.7 Å². The van der Waals surface area contributed by atoms with E-state index in [2.05, 4.69) is 26.0 Å². The van der Waals surface area contributed by atoms with Gasteiger partial charge in [0, 0.05) is 11.5 Å². The van der Waals surface area contributed by atoms with Gasteiger partial charge in [0.25, 0.3) is 0 Å². The van der Waals surface area contributed by atoms with Crippen molar-refractivity contribution in [3.8, 4) is 0 Å². The molecule has 0 aromatic heterocycles. The Morgan fingerprint density at radius 3 is 2.42 bits per heavy atom. The van der Waals surface area contributed by atoms with E-state index in [1.54, 1.807) is 6.08 Å². The molecule has 1 heterocycles. The van der Waals surface area contributed by atoms with E-state index in [1.807, 2.05) is 18.2 Å². The number of aliphatic hydroxyl groups is 2. The topological polar surface area (TPSA) is 66.8 Å². The highest BCUT2D eigenvalue weighted by Crippen LogP contribution is 2.70. The van der Waals surface area contributed by atoms with Crippen molar-refractivity contribution in [2.45, 2.75) is 82.8 Å². The summed E-state index contributed by atoms with van der Waals surface area (Å²) in [6, 6.07) is 10.2. The number of hydrogen-bond acceptors (Lipinski definition) is 4. The molecule has 4 heteroatoms. The molecule has 4 fully saturated rings. The lowest BCUT2D eigenvalue weighted by molar-refractivity contribution is -0.216. The molecule has 5 aliphatic rings. The third kappa shape index (κ3) is 2.92. The molecule has 0 amide bonds. The summed E-state index contributed by atoms with van der Waals surface area (Å²) < 4.78 is 5.25. The van der Waals surface area contributed by atoms with Crippen LogP contribution in [0.2, 0.25) is 0 Å². The Morgan fingerprint density at radius 2 is 1.70 bits per heavy atom. The number of esters is 1. The molecule has 0 bridgehead atoms. The van der Waals surface area contributed by atoms with E-state index in [-0.39, 0.29) is 22.7 Å². The quantitative estimate of drug-likeness (QED) is 0.613. The largest absolute Gasteiger partial charge is 0.458 e. The van der Waals surface area contributed by atoms with Crippen LogP contribution >= 0.6 is 0 Å². The van der Waals surface area contributed by atoms with Gasteiger partial charge in [-0.25, -0.2) is 4.79 Å². The number of carbonyl (C=O) groups excluding carboxylic acids is 1. The summed E-state index contributed by atoms with van der Waals surface area (Å²) in [6.45, 7) is 5.15. The second-order valence-corrected chi connectivity index (χ2v) is 12.4. The van der Waals surface area contributed by atoms with Crippen molar-refractivity contribution in [3.63, 3.8) is 0 Å². The van der Waals surface area contributed by atoms with Crippen LogP contribution in [0.15, 0.2) is 42.0 Å². The number of carbonyl (C=O) groups is 1. The summed E-state index contributed by atoms with van der Waals surface area (Å²) in [6.07, 6.45) is 10.4. The van der Waals surface area contributed by atoms with Gasteiger partial charge < -0.3 is 14.9 Å². The first-order valence-corrected chi connectivity index (χ1v) is 13.1. The minimum atomic E-state index is -0.724. The van der Waals surface area contributed by atoms with E-state index < -0.39 is 11.2 Å². The zero-order valence-corrected chi connectivity index (χ0v) is 20.1. The molecule has 1 aliphatic heterocycles. The van der Waals surface area contributed by atoms with E-state index in [1.165, 1.54) is 0 Å². The van der Waals surface area contributed by atoms with E-state index in [4.69, 9.17) is 4.74 Å². The van der Waals surface area contributed by atoms with Crippen molar-refractivity contribution in [2.75, 3.05) is 6.61 Å². The van der Waals surface area contributed by atoms with Crippen molar-refractivity contribution in [1.82, 2.24) is 0 Å². The van der Waals surface area contributed by atoms with Crippen molar-refractivity contribution in [3.05, 3.63) is 47.5 Å². The third-order valence-electron chi connectivity index (χ3n) is 11.4. The summed E-state index contributed by atoms with van der Waals surface area (Å²) in [5.74, 6) is 1.33. The summed E-state index contributed by atoms with van der Waals surface area (Å²) in [4.78, 5) is 11.8. The van der Waals surface area contributed by atoms with Gasteiger partial charge in [-0.2, -0.15) is 0 Å². The molecular formula is C29H38O4. The fourth-order valence-corrected chi connectivity index (χ4v) is 9.41. The molecule has 0 unspecified atom stereocenters. The average Bonchev–Trinajstić information content (AvgIpc) is 3.35. The molecule has 178 valence electrons. The maximum Gasteiger partial charge on any atom is 0.331 e. The number of rotatable bonds is 2. The number of hydrogen-bond donors (Lipinski definition) is 2. The van der Waals surface area contributed by atoms with Crippen LogP contribution in [-0.4, -0.2) is 28.4 Å². The van der Waals surface area contributed by atoms with Gasteiger partial charge in [0.2, 0.25) is 0 Å². The van der Waals surface area contributed by atoms with Crippen LogP contribution in [0.5, 0.6) is 0 Å². The first-order valence-electron chi connectivity index (χ1n) is 13.1. The maximum atomic E-state index is 12.3. The maximum absolute atomic E-state index is 12.3. The molecule has 33 heavy (non-hydrogen) atoms. The third-order valence-corrected chi connectivity index (χ3v) is 11.4. The van der Waals surface area contributed by atoms with Gasteiger partial charge in [-0.1, -0.05) is 44.2 Å². The predicted molar refractivity (Wildman–Crippen MR) is 126 cm³/mol. The second-order valence-electron chi connectivity index (χ2n) is 12.4. The van der Waals surface area contributed by atoms with Gasteiger partial charge in [-0.05, 0) is 98.0 Å². The SMILES string of the molecule is C[C@]12CC[C@](O)(c3ccccc3)C[C@H]1CC[C@@H]1[C@@H]2CC[C@]2(C)[C@@H](C3=CC(=O)OC3)CC[C@]12O. The van der Waals surface area contributed by atoms with E-state index in [9.17, 15) is 15.0 Å². The van der Waals surface area contributed by atoms with Gasteiger partial charge in [0.05, 0.1) is 11.2 Å². The number of cyclic esters (lactones) is 1. The Morgan fingerprint density at radius 1 is 0.909 bits per heavy atom. The van der Waals surface area contributed by atoms with Crippen LogP contribution < -0.4 is 0 Å². The first kappa shape index (κ1) is 21.9. The van der Waals surface area contributed by atoms with Crippen molar-refractivity contribution in [1.29, 1.82) is 0 Å². The summed E-state index contributed by atoms with van der Waals surface area (Å²) in [5, 5.41) is 24.0. The molecule has 4 nitrogen and oxygen atoms in total. The summed E-state index contributed by atoms with van der Waals surface area (Å²) in [7, 11) is 0. The Labute approximate surface area is 197 Å². The van der Waals surface area contributed by atoms with E-state index >= 15 is 0 Å². The van der Waals surface area contributed by atoms with E-state index in [0.29, 0.717) is 24.4 Å². The van der Waals surface area contributed by atoms with Crippen LogP contribution in [0, 0.1) is 34.5 Å². The van der Waals surface area contributed by atoms with Gasteiger partial charge in [0.1, 0.15) is 6.61 Å². The normalized spacial score (nSPS) is 49.0. The summed E-state index contributed by atoms with van der Waals surface area (Å²) in [5.41, 5.74) is 0.750. The monoisotopic (exact) mass is 450 g/mol. The fraction of sp³-hybridized carbons (Fsp3) is 0.690. The van der Waals surface area contributed by atoms with Crippen LogP contribution in [0.25, 0.3) is 0 Å². The van der Waals surface area contributed by atoms with Gasteiger partial charge in [-0.3, -0.25) is 0 Å². The Hall–Kier alpha value is -1.65. The minimum Gasteiger partial charge on any atom is -0.458 e. The van der Waals surface area contributed by atoms with Gasteiger partial charge in [0.15, 0.2) is 0 Å². The fourth-order valence-electron chi connectivity index (χ4n) is 9.41. The molecule has 4 aliphatic carbocycles. The number of benzene rings is 1. The Bertz CT molecular complexity index is 987. The molecule has 0 radical (unpaired) electrons. The smallest absolute Gasteiger partial charge is 0.331 e. The molecule has 0 spiro atoms. The molecule has 0 saturated heterocycles.